The normalized spacial score (nSPS) is 24.1. The molecule has 1 aliphatic rings. The Morgan fingerprint density at radius 2 is 2.13 bits per heavy atom. The van der Waals surface area contributed by atoms with Gasteiger partial charge in [-0.3, -0.25) is 0 Å². The summed E-state index contributed by atoms with van der Waals surface area (Å²) in [6.07, 6.45) is 2.64. The number of anilines is 1. The molecule has 0 aliphatic heterocycles. The minimum Gasteiger partial charge on any atom is -0.393 e. The van der Waals surface area contributed by atoms with Crippen molar-refractivity contribution in [2.75, 3.05) is 11.9 Å². The average molecular weight is 320 g/mol. The first-order valence-electron chi connectivity index (χ1n) is 7.72. The number of aliphatic hydroxyl groups excluding tert-OH is 1. The number of aliphatic hydroxyl groups is 1. The Kier molecular flexibility index (Phi) is 4.25. The summed E-state index contributed by atoms with van der Waals surface area (Å²) in [4.78, 5) is 8.09. The smallest absolute Gasteiger partial charge is 0.186 e. The Balaban J connectivity index is 1.66. The van der Waals surface area contributed by atoms with Gasteiger partial charge in [-0.1, -0.05) is 0 Å². The van der Waals surface area contributed by atoms with Crippen molar-refractivity contribution < 1.29 is 9.50 Å². The molecule has 124 valence electrons. The van der Waals surface area contributed by atoms with Crippen LogP contribution in [0.3, 0.4) is 0 Å². The first kappa shape index (κ1) is 15.8. The van der Waals surface area contributed by atoms with Gasteiger partial charge in [0.25, 0.3) is 0 Å². The van der Waals surface area contributed by atoms with Crippen molar-refractivity contribution in [2.24, 2.45) is 13.0 Å². The summed E-state index contributed by atoms with van der Waals surface area (Å²) in [5.74, 6) is 1.36. The van der Waals surface area contributed by atoms with Gasteiger partial charge >= 0.3 is 0 Å². The molecule has 23 heavy (non-hydrogen) atoms. The van der Waals surface area contributed by atoms with Gasteiger partial charge in [-0.05, 0) is 26.7 Å². The lowest BCUT2D eigenvalue weighted by atomic mass is 10.0. The van der Waals surface area contributed by atoms with E-state index in [1.165, 1.54) is 0 Å². The minimum atomic E-state index is -0.448. The number of hydrogen-bond acceptors (Lipinski definition) is 6. The van der Waals surface area contributed by atoms with E-state index in [4.69, 9.17) is 0 Å². The standard InChI is InChI=1S/C15H21FN6O/c1-8-13(16)14(20-9(2)19-8)17-6-11-4-10(5-12(11)23)15-21-18-7-22(15)3/h7,10-12,23H,4-6H2,1-3H3,(H,17,19,20)/t10-,11+,12+/m0/s1. The molecule has 0 bridgehead atoms. The number of rotatable bonds is 4. The summed E-state index contributed by atoms with van der Waals surface area (Å²) in [6.45, 7) is 3.80. The van der Waals surface area contributed by atoms with E-state index in [9.17, 15) is 9.50 Å². The quantitative estimate of drug-likeness (QED) is 0.883. The Labute approximate surface area is 134 Å². The third-order valence-corrected chi connectivity index (χ3v) is 4.43. The van der Waals surface area contributed by atoms with Crippen LogP contribution in [0.2, 0.25) is 0 Å². The van der Waals surface area contributed by atoms with Crippen LogP contribution in [0.4, 0.5) is 10.2 Å². The highest BCUT2D eigenvalue weighted by Crippen LogP contribution is 2.37. The van der Waals surface area contributed by atoms with E-state index in [1.54, 1.807) is 20.2 Å². The van der Waals surface area contributed by atoms with E-state index in [0.717, 1.165) is 12.2 Å². The number of nitrogens with zero attached hydrogens (tertiary/aromatic N) is 5. The van der Waals surface area contributed by atoms with Crippen LogP contribution in [-0.2, 0) is 7.05 Å². The number of nitrogens with one attached hydrogen (secondary N) is 1. The second kappa shape index (κ2) is 6.19. The van der Waals surface area contributed by atoms with Gasteiger partial charge in [0, 0.05) is 25.4 Å². The summed E-state index contributed by atoms with van der Waals surface area (Å²) < 4.78 is 15.9. The number of aryl methyl sites for hydroxylation is 3. The zero-order valence-corrected chi connectivity index (χ0v) is 13.5. The zero-order chi connectivity index (χ0) is 16.6. The fourth-order valence-electron chi connectivity index (χ4n) is 3.24. The molecular formula is C15H21FN6O. The molecule has 2 N–H and O–H groups in total. The van der Waals surface area contributed by atoms with Gasteiger partial charge in [0.1, 0.15) is 18.0 Å². The van der Waals surface area contributed by atoms with E-state index < -0.39 is 11.9 Å². The Hall–Kier alpha value is -2.09. The summed E-state index contributed by atoms with van der Waals surface area (Å²) in [6, 6.07) is 0. The lowest BCUT2D eigenvalue weighted by molar-refractivity contribution is 0.137. The van der Waals surface area contributed by atoms with Crippen LogP contribution in [0.5, 0.6) is 0 Å². The SMILES string of the molecule is Cc1nc(C)c(F)c(NC[C@H]2C[C@H](c3nncn3C)C[C@H]2O)n1. The fourth-order valence-corrected chi connectivity index (χ4v) is 3.24. The van der Waals surface area contributed by atoms with Gasteiger partial charge in [-0.2, -0.15) is 0 Å². The van der Waals surface area contributed by atoms with Crippen LogP contribution in [0, 0.1) is 25.6 Å². The highest BCUT2D eigenvalue weighted by molar-refractivity contribution is 5.38. The highest BCUT2D eigenvalue weighted by atomic mass is 19.1. The predicted octanol–water partition coefficient (Wildman–Crippen LogP) is 1.33. The van der Waals surface area contributed by atoms with Crippen LogP contribution in [0.1, 0.15) is 36.1 Å². The topological polar surface area (TPSA) is 88.8 Å². The predicted molar refractivity (Wildman–Crippen MR) is 82.4 cm³/mol. The van der Waals surface area contributed by atoms with Crippen LogP contribution < -0.4 is 5.32 Å². The molecule has 7 nitrogen and oxygen atoms in total. The van der Waals surface area contributed by atoms with Crippen LogP contribution in [0.15, 0.2) is 6.33 Å². The van der Waals surface area contributed by atoms with Gasteiger partial charge in [0.15, 0.2) is 11.6 Å². The zero-order valence-electron chi connectivity index (χ0n) is 13.5. The van der Waals surface area contributed by atoms with Crippen LogP contribution in [-0.4, -0.2) is 42.5 Å². The molecule has 1 fully saturated rings. The molecule has 3 rings (SSSR count). The molecule has 0 amide bonds. The maximum Gasteiger partial charge on any atom is 0.186 e. The van der Waals surface area contributed by atoms with E-state index in [-0.39, 0.29) is 17.7 Å². The number of aromatic nitrogens is 5. The highest BCUT2D eigenvalue weighted by Gasteiger charge is 2.35. The maximum atomic E-state index is 14.0. The Morgan fingerprint density at radius 1 is 1.35 bits per heavy atom. The van der Waals surface area contributed by atoms with Crippen LogP contribution >= 0.6 is 0 Å². The first-order valence-corrected chi connectivity index (χ1v) is 7.72. The lowest BCUT2D eigenvalue weighted by Gasteiger charge is -2.16. The molecule has 3 atom stereocenters. The van der Waals surface area contributed by atoms with E-state index in [0.29, 0.717) is 24.5 Å². The number of hydrogen-bond donors (Lipinski definition) is 2. The molecule has 2 aromatic heterocycles. The molecule has 2 aromatic rings. The third kappa shape index (κ3) is 3.17. The molecule has 0 radical (unpaired) electrons. The van der Waals surface area contributed by atoms with Crippen molar-refractivity contribution in [2.45, 2.75) is 38.7 Å². The first-order chi connectivity index (χ1) is 11.0. The van der Waals surface area contributed by atoms with Gasteiger partial charge < -0.3 is 15.0 Å². The van der Waals surface area contributed by atoms with Crippen molar-refractivity contribution >= 4 is 5.82 Å². The van der Waals surface area contributed by atoms with Gasteiger partial charge in [0.05, 0.1) is 11.8 Å². The largest absolute Gasteiger partial charge is 0.393 e. The number of halogens is 1. The molecule has 0 unspecified atom stereocenters. The Bertz CT molecular complexity index is 703. The molecule has 0 aromatic carbocycles. The second-order valence-electron chi connectivity index (χ2n) is 6.20. The lowest BCUT2D eigenvalue weighted by Crippen LogP contribution is -2.23. The van der Waals surface area contributed by atoms with Gasteiger partial charge in [-0.15, -0.1) is 10.2 Å². The molecule has 1 aliphatic carbocycles. The summed E-state index contributed by atoms with van der Waals surface area (Å²) in [5, 5.41) is 21.3. The van der Waals surface area contributed by atoms with Crippen molar-refractivity contribution in [3.8, 4) is 0 Å². The summed E-state index contributed by atoms with van der Waals surface area (Å²) in [7, 11) is 1.90. The third-order valence-electron chi connectivity index (χ3n) is 4.43. The average Bonchev–Trinajstić information content (AvgIpc) is 3.07. The minimum absolute atomic E-state index is 0.0201. The molecule has 8 heteroatoms. The van der Waals surface area contributed by atoms with Gasteiger partial charge in [0.2, 0.25) is 0 Å². The van der Waals surface area contributed by atoms with E-state index in [1.807, 2.05) is 11.6 Å². The maximum absolute atomic E-state index is 14.0. The summed E-state index contributed by atoms with van der Waals surface area (Å²) >= 11 is 0. The monoisotopic (exact) mass is 320 g/mol. The molecule has 2 heterocycles. The molecule has 0 spiro atoms. The molecule has 1 saturated carbocycles. The van der Waals surface area contributed by atoms with Crippen molar-refractivity contribution in [1.29, 1.82) is 0 Å². The van der Waals surface area contributed by atoms with Crippen molar-refractivity contribution in [3.05, 3.63) is 29.5 Å². The van der Waals surface area contributed by atoms with Crippen LogP contribution in [0.25, 0.3) is 0 Å². The van der Waals surface area contributed by atoms with Crippen molar-refractivity contribution in [3.63, 3.8) is 0 Å². The second-order valence-corrected chi connectivity index (χ2v) is 6.20. The van der Waals surface area contributed by atoms with E-state index in [2.05, 4.69) is 25.5 Å². The molecule has 0 saturated heterocycles. The fraction of sp³-hybridized carbons (Fsp3) is 0.600. The van der Waals surface area contributed by atoms with Gasteiger partial charge in [-0.25, -0.2) is 14.4 Å². The van der Waals surface area contributed by atoms with Crippen molar-refractivity contribution in [1.82, 2.24) is 24.7 Å². The van der Waals surface area contributed by atoms with E-state index >= 15 is 0 Å². The molecular weight excluding hydrogens is 299 g/mol. The summed E-state index contributed by atoms with van der Waals surface area (Å²) in [5.41, 5.74) is 0.323. The Morgan fingerprint density at radius 3 is 2.83 bits per heavy atom.